The van der Waals surface area contributed by atoms with Gasteiger partial charge in [-0.2, -0.15) is 0 Å². The molecule has 0 radical (unpaired) electrons. The highest BCUT2D eigenvalue weighted by Gasteiger charge is 2.59. The van der Waals surface area contributed by atoms with Crippen LogP contribution in [0.1, 0.15) is 24.8 Å². The van der Waals surface area contributed by atoms with Gasteiger partial charge in [0.05, 0.1) is 0 Å². The number of rotatable bonds is 1. The van der Waals surface area contributed by atoms with Crippen molar-refractivity contribution in [2.24, 2.45) is 5.92 Å². The Morgan fingerprint density at radius 2 is 1.89 bits per heavy atom. The standard InChI is InChI=1S/C16H15NO2/c1-17-14(18)12-10-7-8-16(9-10,13(12)15(17)19)11-5-3-2-4-6-11/h2-6,10H,7-9H2,1H3. The van der Waals surface area contributed by atoms with Crippen LogP contribution in [0, 0.1) is 5.92 Å². The van der Waals surface area contributed by atoms with Crippen LogP contribution in [0.25, 0.3) is 0 Å². The van der Waals surface area contributed by atoms with E-state index >= 15 is 0 Å². The van der Waals surface area contributed by atoms with Crippen LogP contribution in [0.4, 0.5) is 0 Å². The van der Waals surface area contributed by atoms with E-state index in [1.807, 2.05) is 18.2 Å². The maximum atomic E-state index is 12.4. The molecule has 0 aromatic heterocycles. The fourth-order valence-electron chi connectivity index (χ4n) is 4.19. The minimum Gasteiger partial charge on any atom is -0.278 e. The summed E-state index contributed by atoms with van der Waals surface area (Å²) in [5.74, 6) is 0.144. The van der Waals surface area contributed by atoms with Gasteiger partial charge in [0.25, 0.3) is 11.8 Å². The highest BCUT2D eigenvalue weighted by molar-refractivity contribution is 6.21. The van der Waals surface area contributed by atoms with Gasteiger partial charge in [-0.25, -0.2) is 0 Å². The number of imide groups is 1. The van der Waals surface area contributed by atoms with E-state index in [0.29, 0.717) is 0 Å². The molecule has 0 saturated heterocycles. The van der Waals surface area contributed by atoms with E-state index in [0.717, 1.165) is 30.4 Å². The fourth-order valence-corrected chi connectivity index (χ4v) is 4.19. The van der Waals surface area contributed by atoms with Crippen LogP contribution in [-0.2, 0) is 15.0 Å². The van der Waals surface area contributed by atoms with Crippen molar-refractivity contribution in [3.05, 3.63) is 47.0 Å². The van der Waals surface area contributed by atoms with Gasteiger partial charge in [-0.15, -0.1) is 0 Å². The lowest BCUT2D eigenvalue weighted by Crippen LogP contribution is -2.34. The number of likely N-dealkylation sites (tertiary alicyclic amines) is 1. The summed E-state index contributed by atoms with van der Waals surface area (Å²) in [6, 6.07) is 10.2. The quantitative estimate of drug-likeness (QED) is 0.718. The molecule has 1 aromatic carbocycles. The number of hydrogen-bond acceptors (Lipinski definition) is 2. The summed E-state index contributed by atoms with van der Waals surface area (Å²) in [6.07, 6.45) is 2.96. The van der Waals surface area contributed by atoms with Crippen LogP contribution in [0.15, 0.2) is 41.5 Å². The van der Waals surface area contributed by atoms with Crippen LogP contribution >= 0.6 is 0 Å². The molecule has 1 aliphatic heterocycles. The van der Waals surface area contributed by atoms with Crippen molar-refractivity contribution < 1.29 is 9.59 Å². The summed E-state index contributed by atoms with van der Waals surface area (Å²) < 4.78 is 0. The van der Waals surface area contributed by atoms with Gasteiger partial charge in [0, 0.05) is 23.6 Å². The number of nitrogens with zero attached hydrogens (tertiary/aromatic N) is 1. The van der Waals surface area contributed by atoms with Crippen molar-refractivity contribution in [2.75, 3.05) is 7.05 Å². The molecule has 3 heteroatoms. The van der Waals surface area contributed by atoms with Crippen molar-refractivity contribution in [1.82, 2.24) is 4.90 Å². The van der Waals surface area contributed by atoms with Gasteiger partial charge >= 0.3 is 0 Å². The number of likely N-dealkylation sites (N-methyl/N-ethyl adjacent to an activating group) is 1. The second-order valence-electron chi connectivity index (χ2n) is 5.85. The molecule has 96 valence electrons. The first-order valence-electron chi connectivity index (χ1n) is 6.78. The van der Waals surface area contributed by atoms with Gasteiger partial charge in [0.2, 0.25) is 0 Å². The highest BCUT2D eigenvalue weighted by Crippen LogP contribution is 2.60. The molecule has 2 unspecified atom stereocenters. The maximum absolute atomic E-state index is 12.4. The molecule has 1 heterocycles. The number of fused-ring (bicyclic) bond motifs is 4. The monoisotopic (exact) mass is 253 g/mol. The zero-order valence-electron chi connectivity index (χ0n) is 10.8. The van der Waals surface area contributed by atoms with E-state index < -0.39 is 0 Å². The van der Waals surface area contributed by atoms with E-state index in [1.165, 1.54) is 10.5 Å². The van der Waals surface area contributed by atoms with Gasteiger partial charge in [-0.1, -0.05) is 30.3 Å². The van der Waals surface area contributed by atoms with Crippen LogP contribution in [0.2, 0.25) is 0 Å². The van der Waals surface area contributed by atoms with E-state index in [4.69, 9.17) is 0 Å². The zero-order valence-corrected chi connectivity index (χ0v) is 10.8. The van der Waals surface area contributed by atoms with Crippen molar-refractivity contribution in [1.29, 1.82) is 0 Å². The summed E-state index contributed by atoms with van der Waals surface area (Å²) in [5, 5.41) is 0. The Balaban J connectivity index is 1.94. The summed E-state index contributed by atoms with van der Waals surface area (Å²) in [6.45, 7) is 0. The molecule has 1 fully saturated rings. The lowest BCUT2D eigenvalue weighted by Gasteiger charge is -2.29. The Kier molecular flexibility index (Phi) is 1.93. The van der Waals surface area contributed by atoms with Gasteiger partial charge in [0.1, 0.15) is 0 Å². The number of carbonyl (C=O) groups excluding carboxylic acids is 2. The van der Waals surface area contributed by atoms with Crippen molar-refractivity contribution in [3.63, 3.8) is 0 Å². The molecule has 2 amide bonds. The van der Waals surface area contributed by atoms with Gasteiger partial charge < -0.3 is 0 Å². The Bertz CT molecular complexity index is 631. The van der Waals surface area contributed by atoms with E-state index in [-0.39, 0.29) is 23.1 Å². The molecule has 3 aliphatic rings. The lowest BCUT2D eigenvalue weighted by atomic mass is 9.73. The third-order valence-electron chi connectivity index (χ3n) is 5.05. The molecule has 3 nitrogen and oxygen atoms in total. The predicted molar refractivity (Wildman–Crippen MR) is 70.3 cm³/mol. The molecule has 19 heavy (non-hydrogen) atoms. The first-order chi connectivity index (χ1) is 9.15. The minimum absolute atomic E-state index is 0.0671. The maximum Gasteiger partial charge on any atom is 0.257 e. The molecule has 0 N–H and O–H groups in total. The molecule has 2 atom stereocenters. The molecule has 2 bridgehead atoms. The Hall–Kier alpha value is -1.90. The summed E-state index contributed by atoms with van der Waals surface area (Å²) in [7, 11) is 1.60. The molecule has 4 rings (SSSR count). The second kappa shape index (κ2) is 3.35. The molecule has 1 aromatic rings. The first kappa shape index (κ1) is 11.0. The molecular weight excluding hydrogens is 238 g/mol. The third kappa shape index (κ3) is 1.14. The summed E-state index contributed by atoms with van der Waals surface area (Å²) in [5.41, 5.74) is 2.60. The first-order valence-corrected chi connectivity index (χ1v) is 6.78. The van der Waals surface area contributed by atoms with E-state index in [2.05, 4.69) is 12.1 Å². The van der Waals surface area contributed by atoms with Gasteiger partial charge in [0.15, 0.2) is 0 Å². The van der Waals surface area contributed by atoms with E-state index in [1.54, 1.807) is 7.05 Å². The van der Waals surface area contributed by atoms with Crippen LogP contribution in [0.5, 0.6) is 0 Å². The summed E-state index contributed by atoms with van der Waals surface area (Å²) in [4.78, 5) is 25.9. The average Bonchev–Trinajstić information content (AvgIpc) is 3.08. The van der Waals surface area contributed by atoms with E-state index in [9.17, 15) is 9.59 Å². The number of hydrogen-bond donors (Lipinski definition) is 0. The Labute approximate surface area is 111 Å². The SMILES string of the molecule is CN1C(=O)C2=C(C1=O)C1(c3ccccc3)CCC2C1. The highest BCUT2D eigenvalue weighted by atomic mass is 16.2. The number of benzene rings is 1. The topological polar surface area (TPSA) is 37.4 Å². The molecule has 2 aliphatic carbocycles. The Morgan fingerprint density at radius 3 is 2.63 bits per heavy atom. The zero-order chi connectivity index (χ0) is 13.2. The lowest BCUT2D eigenvalue weighted by molar-refractivity contribution is -0.136. The van der Waals surface area contributed by atoms with Crippen LogP contribution in [-0.4, -0.2) is 23.8 Å². The molecular formula is C16H15NO2. The van der Waals surface area contributed by atoms with Crippen LogP contribution < -0.4 is 0 Å². The van der Waals surface area contributed by atoms with Crippen LogP contribution in [0.3, 0.4) is 0 Å². The van der Waals surface area contributed by atoms with Crippen molar-refractivity contribution in [2.45, 2.75) is 24.7 Å². The normalized spacial score (nSPS) is 32.5. The smallest absolute Gasteiger partial charge is 0.257 e. The largest absolute Gasteiger partial charge is 0.278 e. The van der Waals surface area contributed by atoms with Gasteiger partial charge in [-0.3, -0.25) is 14.5 Å². The Morgan fingerprint density at radius 1 is 1.16 bits per heavy atom. The fraction of sp³-hybridized carbons (Fsp3) is 0.375. The third-order valence-corrected chi connectivity index (χ3v) is 5.05. The number of amides is 2. The number of carbonyl (C=O) groups is 2. The molecule has 0 spiro atoms. The van der Waals surface area contributed by atoms with Gasteiger partial charge in [-0.05, 0) is 30.7 Å². The second-order valence-corrected chi connectivity index (χ2v) is 5.85. The molecule has 1 saturated carbocycles. The predicted octanol–water partition coefficient (Wildman–Crippen LogP) is 2.03. The van der Waals surface area contributed by atoms with Crippen molar-refractivity contribution in [3.8, 4) is 0 Å². The summed E-state index contributed by atoms with van der Waals surface area (Å²) >= 11 is 0. The van der Waals surface area contributed by atoms with Crippen molar-refractivity contribution >= 4 is 11.8 Å². The minimum atomic E-state index is -0.196. The average molecular weight is 253 g/mol.